The van der Waals surface area contributed by atoms with Crippen LogP contribution in [0, 0.1) is 11.7 Å². The first-order chi connectivity index (χ1) is 13.2. The monoisotopic (exact) mass is 385 g/mol. The number of nitrogens with zero attached hydrogens (tertiary/aromatic N) is 3. The van der Waals surface area contributed by atoms with Crippen LogP contribution in [-0.4, -0.2) is 46.9 Å². The van der Waals surface area contributed by atoms with Gasteiger partial charge in [0.15, 0.2) is 0 Å². The lowest BCUT2D eigenvalue weighted by atomic mass is 9.93. The maximum absolute atomic E-state index is 13.1. The fourth-order valence-electron chi connectivity index (χ4n) is 3.74. The highest BCUT2D eigenvalue weighted by atomic mass is 32.1. The van der Waals surface area contributed by atoms with Gasteiger partial charge in [0.05, 0.1) is 5.69 Å². The van der Waals surface area contributed by atoms with Crippen molar-refractivity contribution in [1.29, 1.82) is 0 Å². The molecule has 1 aliphatic carbocycles. The van der Waals surface area contributed by atoms with Crippen molar-refractivity contribution in [2.24, 2.45) is 5.92 Å². The van der Waals surface area contributed by atoms with E-state index < -0.39 is 0 Å². The molecular weight excluding hydrogens is 361 g/mol. The first-order valence-electron chi connectivity index (χ1n) is 9.55. The Bertz CT molecular complexity index is 809. The third kappa shape index (κ3) is 4.45. The minimum Gasteiger partial charge on any atom is -0.340 e. The molecule has 1 aliphatic heterocycles. The summed E-state index contributed by atoms with van der Waals surface area (Å²) in [6.07, 6.45) is 7.22. The molecule has 0 saturated carbocycles. The second-order valence-corrected chi connectivity index (χ2v) is 8.09. The SMILES string of the molecule is O=C(C1CC=CCC1)N1CCN(Cc2csc(-c3ccc(F)cc3)n2)CC1. The van der Waals surface area contributed by atoms with Crippen molar-refractivity contribution >= 4 is 17.2 Å². The molecule has 2 aliphatic rings. The van der Waals surface area contributed by atoms with Crippen LogP contribution in [0.25, 0.3) is 10.6 Å². The fraction of sp³-hybridized carbons (Fsp3) is 0.429. The molecule has 0 spiro atoms. The van der Waals surface area contributed by atoms with Crippen molar-refractivity contribution in [3.8, 4) is 10.6 Å². The fourth-order valence-corrected chi connectivity index (χ4v) is 4.55. The van der Waals surface area contributed by atoms with Gasteiger partial charge in [-0.25, -0.2) is 9.37 Å². The molecule has 1 saturated heterocycles. The van der Waals surface area contributed by atoms with Crippen LogP contribution in [-0.2, 0) is 11.3 Å². The molecule has 0 radical (unpaired) electrons. The van der Waals surface area contributed by atoms with E-state index in [0.717, 1.165) is 68.3 Å². The van der Waals surface area contributed by atoms with E-state index in [1.165, 1.54) is 12.1 Å². The molecule has 4 rings (SSSR count). The quantitative estimate of drug-likeness (QED) is 0.748. The number of benzene rings is 1. The number of halogens is 1. The molecule has 2 heterocycles. The number of piperazine rings is 1. The summed E-state index contributed by atoms with van der Waals surface area (Å²) in [5, 5.41) is 2.99. The number of carbonyl (C=O) groups excluding carboxylic acids is 1. The molecule has 2 aromatic rings. The van der Waals surface area contributed by atoms with Crippen molar-refractivity contribution in [3.05, 3.63) is 53.3 Å². The van der Waals surface area contributed by atoms with Crippen molar-refractivity contribution in [3.63, 3.8) is 0 Å². The maximum Gasteiger partial charge on any atom is 0.226 e. The van der Waals surface area contributed by atoms with Crippen LogP contribution in [0.4, 0.5) is 4.39 Å². The van der Waals surface area contributed by atoms with E-state index in [1.54, 1.807) is 23.5 Å². The van der Waals surface area contributed by atoms with E-state index in [1.807, 2.05) is 4.90 Å². The summed E-state index contributed by atoms with van der Waals surface area (Å²) in [7, 11) is 0. The standard InChI is InChI=1S/C21H24FN3OS/c22-18-8-6-16(7-9-18)20-23-19(15-27-20)14-24-10-12-25(13-11-24)21(26)17-4-2-1-3-5-17/h1-2,6-9,15,17H,3-5,10-14H2. The minimum atomic E-state index is -0.229. The van der Waals surface area contributed by atoms with Crippen LogP contribution < -0.4 is 0 Å². The van der Waals surface area contributed by atoms with Crippen LogP contribution in [0.2, 0.25) is 0 Å². The van der Waals surface area contributed by atoms with E-state index in [4.69, 9.17) is 4.98 Å². The summed E-state index contributed by atoms with van der Waals surface area (Å²) in [5.41, 5.74) is 1.99. The van der Waals surface area contributed by atoms with Gasteiger partial charge in [-0.05, 0) is 43.5 Å². The molecule has 142 valence electrons. The first-order valence-corrected chi connectivity index (χ1v) is 10.4. The molecule has 1 atom stereocenters. The summed E-state index contributed by atoms with van der Waals surface area (Å²) in [6.45, 7) is 4.17. The highest BCUT2D eigenvalue weighted by molar-refractivity contribution is 7.13. The zero-order valence-corrected chi connectivity index (χ0v) is 16.1. The summed E-state index contributed by atoms with van der Waals surface area (Å²) in [6, 6.07) is 6.47. The third-order valence-electron chi connectivity index (χ3n) is 5.33. The number of thiazole rings is 1. The average molecular weight is 386 g/mol. The Balaban J connectivity index is 1.30. The van der Waals surface area contributed by atoms with Crippen molar-refractivity contribution in [2.45, 2.75) is 25.8 Å². The van der Waals surface area contributed by atoms with Gasteiger partial charge >= 0.3 is 0 Å². The maximum atomic E-state index is 13.1. The molecule has 6 heteroatoms. The van der Waals surface area contributed by atoms with Crippen LogP contribution in [0.5, 0.6) is 0 Å². The Hall–Kier alpha value is -2.05. The van der Waals surface area contributed by atoms with Crippen LogP contribution in [0.15, 0.2) is 41.8 Å². The second-order valence-electron chi connectivity index (χ2n) is 7.23. The van der Waals surface area contributed by atoms with Crippen molar-refractivity contribution in [1.82, 2.24) is 14.8 Å². The molecule has 4 nitrogen and oxygen atoms in total. The van der Waals surface area contributed by atoms with Crippen molar-refractivity contribution in [2.75, 3.05) is 26.2 Å². The largest absolute Gasteiger partial charge is 0.340 e. The van der Waals surface area contributed by atoms with Gasteiger partial charge < -0.3 is 4.90 Å². The molecular formula is C21H24FN3OS. The lowest BCUT2D eigenvalue weighted by molar-refractivity contribution is -0.137. The predicted molar refractivity (Wildman–Crippen MR) is 106 cm³/mol. The molecule has 1 aromatic carbocycles. The second kappa shape index (κ2) is 8.31. The van der Waals surface area contributed by atoms with E-state index in [9.17, 15) is 9.18 Å². The molecule has 0 N–H and O–H groups in total. The zero-order valence-electron chi connectivity index (χ0n) is 15.3. The highest BCUT2D eigenvalue weighted by Crippen LogP contribution is 2.25. The Morgan fingerprint density at radius 2 is 1.93 bits per heavy atom. The lowest BCUT2D eigenvalue weighted by Crippen LogP contribution is -2.50. The van der Waals surface area contributed by atoms with Gasteiger partial charge in [0.1, 0.15) is 10.8 Å². The number of amides is 1. The van der Waals surface area contributed by atoms with Gasteiger partial charge in [0.25, 0.3) is 0 Å². The molecule has 27 heavy (non-hydrogen) atoms. The van der Waals surface area contributed by atoms with Crippen LogP contribution >= 0.6 is 11.3 Å². The van der Waals surface area contributed by atoms with Crippen molar-refractivity contribution < 1.29 is 9.18 Å². The Morgan fingerprint density at radius 1 is 1.15 bits per heavy atom. The summed E-state index contributed by atoms with van der Waals surface area (Å²) in [5.74, 6) is 0.275. The van der Waals surface area contributed by atoms with E-state index in [2.05, 4.69) is 22.4 Å². The summed E-state index contributed by atoms with van der Waals surface area (Å²) in [4.78, 5) is 21.7. The summed E-state index contributed by atoms with van der Waals surface area (Å²) >= 11 is 1.59. The normalized spacial score (nSPS) is 20.8. The predicted octanol–water partition coefficient (Wildman–Crippen LogP) is 3.95. The van der Waals surface area contributed by atoms with Gasteiger partial charge in [-0.3, -0.25) is 9.69 Å². The topological polar surface area (TPSA) is 36.4 Å². The number of hydrogen-bond acceptors (Lipinski definition) is 4. The van der Waals surface area contributed by atoms with Gasteiger partial charge in [0, 0.05) is 49.6 Å². The Morgan fingerprint density at radius 3 is 2.63 bits per heavy atom. The van der Waals surface area contributed by atoms with Gasteiger partial charge in [0.2, 0.25) is 5.91 Å². The molecule has 0 bridgehead atoms. The Labute approximate surface area is 163 Å². The molecule has 1 unspecified atom stereocenters. The number of allylic oxidation sites excluding steroid dienone is 2. The van der Waals surface area contributed by atoms with Crippen LogP contribution in [0.3, 0.4) is 0 Å². The van der Waals surface area contributed by atoms with Crippen LogP contribution in [0.1, 0.15) is 25.0 Å². The van der Waals surface area contributed by atoms with E-state index >= 15 is 0 Å². The zero-order chi connectivity index (χ0) is 18.6. The third-order valence-corrected chi connectivity index (χ3v) is 6.27. The number of carbonyl (C=O) groups is 1. The average Bonchev–Trinajstić information content (AvgIpc) is 3.18. The molecule has 1 fully saturated rings. The number of rotatable bonds is 4. The smallest absolute Gasteiger partial charge is 0.226 e. The Kier molecular flexibility index (Phi) is 5.64. The molecule has 1 amide bonds. The van der Waals surface area contributed by atoms with Gasteiger partial charge in [-0.2, -0.15) is 0 Å². The van der Waals surface area contributed by atoms with Gasteiger partial charge in [-0.15, -0.1) is 11.3 Å². The minimum absolute atomic E-state index is 0.179. The molecule has 1 aromatic heterocycles. The first kappa shape index (κ1) is 18.3. The lowest BCUT2D eigenvalue weighted by Gasteiger charge is -2.36. The van der Waals surface area contributed by atoms with E-state index in [0.29, 0.717) is 5.91 Å². The summed E-state index contributed by atoms with van der Waals surface area (Å²) < 4.78 is 13.1. The number of hydrogen-bond donors (Lipinski definition) is 0. The highest BCUT2D eigenvalue weighted by Gasteiger charge is 2.27. The van der Waals surface area contributed by atoms with Gasteiger partial charge in [-0.1, -0.05) is 12.2 Å². The van der Waals surface area contributed by atoms with E-state index in [-0.39, 0.29) is 11.7 Å². The number of aromatic nitrogens is 1.